The van der Waals surface area contributed by atoms with Crippen molar-refractivity contribution in [3.8, 4) is 0 Å². The Labute approximate surface area is 142 Å². The van der Waals surface area contributed by atoms with Crippen LogP contribution in [0.4, 0.5) is 4.79 Å². The zero-order valence-corrected chi connectivity index (χ0v) is 14.5. The molecule has 0 unspecified atom stereocenters. The van der Waals surface area contributed by atoms with Crippen LogP contribution < -0.4 is 0 Å². The fourth-order valence-corrected chi connectivity index (χ4v) is 2.63. The smallest absolute Gasteiger partial charge is 0.409 e. The summed E-state index contributed by atoms with van der Waals surface area (Å²) in [7, 11) is 3.02. The number of methoxy groups -OCH3 is 2. The molecule has 2 rings (SSSR count). The van der Waals surface area contributed by atoms with Crippen LogP contribution in [0.3, 0.4) is 0 Å². The summed E-state index contributed by atoms with van der Waals surface area (Å²) >= 11 is 0. The van der Waals surface area contributed by atoms with E-state index in [1.165, 1.54) is 14.2 Å². The summed E-state index contributed by atoms with van der Waals surface area (Å²) in [5, 5.41) is 0. The van der Waals surface area contributed by atoms with Gasteiger partial charge >= 0.3 is 6.09 Å². The monoisotopic (exact) mass is 335 g/mol. The number of hydrogen-bond acceptors (Lipinski definition) is 6. The van der Waals surface area contributed by atoms with Crippen molar-refractivity contribution in [2.45, 2.75) is 32.0 Å². The van der Waals surface area contributed by atoms with Gasteiger partial charge in [0.2, 0.25) is 0 Å². The molecular formula is C17H25N3O4. The van der Waals surface area contributed by atoms with Gasteiger partial charge in [-0.25, -0.2) is 14.8 Å². The first kappa shape index (κ1) is 18.4. The van der Waals surface area contributed by atoms with Gasteiger partial charge in [0, 0.05) is 39.7 Å². The second-order valence-corrected chi connectivity index (χ2v) is 5.86. The SMILES string of the molecule is C=C(C)c1ncc(C2CCN(C(=O)OCC(OC)OC)CC2)cn1. The zero-order valence-electron chi connectivity index (χ0n) is 14.5. The molecule has 132 valence electrons. The predicted octanol–water partition coefficient (Wildman–Crippen LogP) is 2.44. The number of likely N-dealkylation sites (tertiary alicyclic amines) is 1. The Balaban J connectivity index is 1.82. The molecule has 24 heavy (non-hydrogen) atoms. The number of aromatic nitrogens is 2. The van der Waals surface area contributed by atoms with E-state index in [0.717, 1.165) is 24.0 Å². The molecule has 0 bridgehead atoms. The number of piperidine rings is 1. The van der Waals surface area contributed by atoms with E-state index in [1.54, 1.807) is 4.90 Å². The summed E-state index contributed by atoms with van der Waals surface area (Å²) in [5.74, 6) is 1.03. The lowest BCUT2D eigenvalue weighted by molar-refractivity contribution is -0.130. The molecular weight excluding hydrogens is 310 g/mol. The van der Waals surface area contributed by atoms with Crippen molar-refractivity contribution in [2.75, 3.05) is 33.9 Å². The number of allylic oxidation sites excluding steroid dienone is 1. The van der Waals surface area contributed by atoms with Crippen molar-refractivity contribution >= 4 is 11.7 Å². The zero-order chi connectivity index (χ0) is 17.5. The first-order chi connectivity index (χ1) is 11.5. The molecule has 0 spiro atoms. The fraction of sp³-hybridized carbons (Fsp3) is 0.588. The minimum absolute atomic E-state index is 0.0853. The van der Waals surface area contributed by atoms with Crippen molar-refractivity contribution in [1.82, 2.24) is 14.9 Å². The molecule has 0 radical (unpaired) electrons. The van der Waals surface area contributed by atoms with Gasteiger partial charge in [-0.1, -0.05) is 6.58 Å². The highest BCUT2D eigenvalue weighted by Crippen LogP contribution is 2.27. The van der Waals surface area contributed by atoms with E-state index in [1.807, 2.05) is 19.3 Å². The van der Waals surface area contributed by atoms with Crippen LogP contribution in [0, 0.1) is 0 Å². The first-order valence-corrected chi connectivity index (χ1v) is 8.00. The summed E-state index contributed by atoms with van der Waals surface area (Å²) in [6, 6.07) is 0. The summed E-state index contributed by atoms with van der Waals surface area (Å²) in [6.07, 6.45) is 4.58. The maximum Gasteiger partial charge on any atom is 0.409 e. The number of rotatable bonds is 6. The van der Waals surface area contributed by atoms with Gasteiger partial charge in [-0.05, 0) is 36.8 Å². The third-order valence-electron chi connectivity index (χ3n) is 4.15. The molecule has 1 aliphatic rings. The Morgan fingerprint density at radius 2 is 1.88 bits per heavy atom. The fourth-order valence-electron chi connectivity index (χ4n) is 2.63. The average Bonchev–Trinajstić information content (AvgIpc) is 2.62. The third-order valence-corrected chi connectivity index (χ3v) is 4.15. The Hall–Kier alpha value is -1.99. The highest BCUT2D eigenvalue weighted by molar-refractivity contribution is 5.67. The minimum Gasteiger partial charge on any atom is -0.444 e. The number of carbonyl (C=O) groups excluding carboxylic acids is 1. The summed E-state index contributed by atoms with van der Waals surface area (Å²) < 4.78 is 15.2. The standard InChI is InChI=1S/C17H25N3O4/c1-12(2)16-18-9-14(10-19-16)13-5-7-20(8-6-13)17(21)24-11-15(22-3)23-4/h9-10,13,15H,1,5-8,11H2,2-4H3. The van der Waals surface area contributed by atoms with Crippen LogP contribution in [0.1, 0.15) is 37.1 Å². The van der Waals surface area contributed by atoms with E-state index < -0.39 is 6.29 Å². The van der Waals surface area contributed by atoms with Crippen molar-refractivity contribution in [1.29, 1.82) is 0 Å². The lowest BCUT2D eigenvalue weighted by Crippen LogP contribution is -2.39. The Kier molecular flexibility index (Phi) is 6.69. The van der Waals surface area contributed by atoms with E-state index in [4.69, 9.17) is 14.2 Å². The Morgan fingerprint density at radius 1 is 1.29 bits per heavy atom. The molecule has 0 saturated carbocycles. The van der Waals surface area contributed by atoms with Crippen molar-refractivity contribution in [3.63, 3.8) is 0 Å². The third kappa shape index (κ3) is 4.75. The number of ether oxygens (including phenoxy) is 3. The second kappa shape index (κ2) is 8.75. The van der Waals surface area contributed by atoms with Crippen LogP contribution in [0.15, 0.2) is 19.0 Å². The quantitative estimate of drug-likeness (QED) is 0.744. The predicted molar refractivity (Wildman–Crippen MR) is 89.4 cm³/mol. The molecule has 0 atom stereocenters. The summed E-state index contributed by atoms with van der Waals surface area (Å²) in [6.45, 7) is 7.11. The van der Waals surface area contributed by atoms with Crippen LogP contribution in [0.5, 0.6) is 0 Å². The van der Waals surface area contributed by atoms with Gasteiger partial charge in [-0.2, -0.15) is 0 Å². The highest BCUT2D eigenvalue weighted by atomic mass is 16.7. The van der Waals surface area contributed by atoms with Crippen LogP contribution in [-0.2, 0) is 14.2 Å². The van der Waals surface area contributed by atoms with Gasteiger partial charge < -0.3 is 19.1 Å². The van der Waals surface area contributed by atoms with Gasteiger partial charge in [0.05, 0.1) is 0 Å². The maximum atomic E-state index is 12.1. The van der Waals surface area contributed by atoms with Crippen LogP contribution in [-0.4, -0.2) is 61.2 Å². The topological polar surface area (TPSA) is 73.8 Å². The van der Waals surface area contributed by atoms with Gasteiger partial charge in [-0.15, -0.1) is 0 Å². The average molecular weight is 335 g/mol. The lowest BCUT2D eigenvalue weighted by atomic mass is 9.91. The first-order valence-electron chi connectivity index (χ1n) is 8.00. The molecule has 1 saturated heterocycles. The molecule has 1 fully saturated rings. The molecule has 1 aliphatic heterocycles. The van der Waals surface area contributed by atoms with Crippen molar-refractivity contribution in [2.24, 2.45) is 0 Å². The van der Waals surface area contributed by atoms with Gasteiger partial charge in [0.1, 0.15) is 6.61 Å². The van der Waals surface area contributed by atoms with E-state index in [2.05, 4.69) is 16.5 Å². The summed E-state index contributed by atoms with van der Waals surface area (Å²) in [5.41, 5.74) is 1.95. The van der Waals surface area contributed by atoms with Gasteiger partial charge in [0.15, 0.2) is 12.1 Å². The molecule has 0 aliphatic carbocycles. The second-order valence-electron chi connectivity index (χ2n) is 5.86. The molecule has 1 aromatic heterocycles. The van der Waals surface area contributed by atoms with Crippen LogP contribution in [0.25, 0.3) is 5.57 Å². The molecule has 1 amide bonds. The maximum absolute atomic E-state index is 12.1. The normalized spacial score (nSPS) is 15.6. The number of hydrogen-bond donors (Lipinski definition) is 0. The molecule has 1 aromatic rings. The van der Waals surface area contributed by atoms with Crippen LogP contribution in [0.2, 0.25) is 0 Å². The Bertz CT molecular complexity index is 549. The summed E-state index contributed by atoms with van der Waals surface area (Å²) in [4.78, 5) is 22.4. The van der Waals surface area contributed by atoms with E-state index in [-0.39, 0.29) is 12.7 Å². The largest absolute Gasteiger partial charge is 0.444 e. The van der Waals surface area contributed by atoms with E-state index in [0.29, 0.717) is 24.8 Å². The molecule has 7 nitrogen and oxygen atoms in total. The molecule has 7 heteroatoms. The number of amides is 1. The van der Waals surface area contributed by atoms with Gasteiger partial charge in [-0.3, -0.25) is 0 Å². The highest BCUT2D eigenvalue weighted by Gasteiger charge is 2.25. The minimum atomic E-state index is -0.532. The van der Waals surface area contributed by atoms with E-state index >= 15 is 0 Å². The van der Waals surface area contributed by atoms with Crippen molar-refractivity contribution in [3.05, 3.63) is 30.4 Å². The number of carbonyl (C=O) groups is 1. The molecule has 0 N–H and O–H groups in total. The van der Waals surface area contributed by atoms with Crippen molar-refractivity contribution < 1.29 is 19.0 Å². The van der Waals surface area contributed by atoms with Crippen LogP contribution >= 0.6 is 0 Å². The molecule has 2 heterocycles. The van der Waals surface area contributed by atoms with E-state index in [9.17, 15) is 4.79 Å². The molecule has 0 aromatic carbocycles. The number of nitrogens with zero attached hydrogens (tertiary/aromatic N) is 3. The Morgan fingerprint density at radius 3 is 2.38 bits per heavy atom. The van der Waals surface area contributed by atoms with Gasteiger partial charge in [0.25, 0.3) is 0 Å². The lowest BCUT2D eigenvalue weighted by Gasteiger charge is -2.31.